The fourth-order valence-electron chi connectivity index (χ4n) is 5.98. The third-order valence-electron chi connectivity index (χ3n) is 7.98. The highest BCUT2D eigenvalue weighted by molar-refractivity contribution is 5.88. The number of aliphatic hydroxyl groups is 1. The largest absolute Gasteiger partial charge is 0.380 e. The van der Waals surface area contributed by atoms with Gasteiger partial charge in [-0.2, -0.15) is 0 Å². The molecule has 3 unspecified atom stereocenters. The number of hydrogen-bond donors (Lipinski definition) is 1. The van der Waals surface area contributed by atoms with E-state index in [4.69, 9.17) is 9.47 Å². The lowest BCUT2D eigenvalue weighted by molar-refractivity contribution is -0.149. The van der Waals surface area contributed by atoms with Crippen LogP contribution in [0.1, 0.15) is 51.4 Å². The summed E-state index contributed by atoms with van der Waals surface area (Å²) in [5.41, 5.74) is -1.10. The second-order valence-corrected chi connectivity index (χ2v) is 9.75. The van der Waals surface area contributed by atoms with Gasteiger partial charge in [0.05, 0.1) is 12.2 Å². The first kappa shape index (κ1) is 19.8. The Labute approximate surface area is 172 Å². The fraction of sp³-hybridized carbons (Fsp3) is 0.909. The number of hydrogen-bond acceptors (Lipinski definition) is 5. The van der Waals surface area contributed by atoms with Crippen LogP contribution in [0.25, 0.3) is 0 Å². The molecule has 3 aliphatic heterocycles. The van der Waals surface area contributed by atoms with Gasteiger partial charge in [0.2, 0.25) is 5.91 Å². The normalized spacial score (nSPS) is 39.1. The minimum atomic E-state index is -1.10. The summed E-state index contributed by atoms with van der Waals surface area (Å²) in [5, 5.41) is 10.0. The number of piperazine rings is 1. The van der Waals surface area contributed by atoms with Crippen LogP contribution in [0.4, 0.5) is 0 Å². The summed E-state index contributed by atoms with van der Waals surface area (Å²) < 4.78 is 12.1. The first-order chi connectivity index (χ1) is 14.0. The zero-order chi connectivity index (χ0) is 20.0. The van der Waals surface area contributed by atoms with E-state index < -0.39 is 5.60 Å². The predicted octanol–water partition coefficient (Wildman–Crippen LogP) is 1.18. The van der Waals surface area contributed by atoms with E-state index in [1.54, 1.807) is 4.90 Å². The Balaban J connectivity index is 1.10. The maximum Gasteiger partial charge on any atom is 0.254 e. The quantitative estimate of drug-likeness (QED) is 0.762. The third kappa shape index (κ3) is 3.81. The van der Waals surface area contributed by atoms with Gasteiger partial charge in [-0.05, 0) is 57.3 Å². The van der Waals surface area contributed by atoms with Gasteiger partial charge in [0, 0.05) is 51.2 Å². The smallest absolute Gasteiger partial charge is 0.254 e. The lowest BCUT2D eigenvalue weighted by Gasteiger charge is -2.42. The average Bonchev–Trinajstić information content (AvgIpc) is 3.33. The van der Waals surface area contributed by atoms with Gasteiger partial charge < -0.3 is 24.4 Å². The number of carbonyl (C=O) groups is 2. The molecule has 162 valence electrons. The Morgan fingerprint density at radius 2 is 1.48 bits per heavy atom. The number of nitrogens with zero attached hydrogens (tertiary/aromatic N) is 2. The number of carbonyl (C=O) groups excluding carboxylic acids is 2. The first-order valence-electron chi connectivity index (χ1n) is 11.6. The topological polar surface area (TPSA) is 79.3 Å². The summed E-state index contributed by atoms with van der Waals surface area (Å²) in [5.74, 6) is 1.33. The molecule has 2 aliphatic carbocycles. The van der Waals surface area contributed by atoms with Crippen molar-refractivity contribution in [3.8, 4) is 0 Å². The molecular weight excluding hydrogens is 372 g/mol. The number of rotatable bonds is 3. The van der Waals surface area contributed by atoms with Gasteiger partial charge in [-0.3, -0.25) is 9.59 Å². The Morgan fingerprint density at radius 3 is 2.17 bits per heavy atom. The van der Waals surface area contributed by atoms with Gasteiger partial charge in [0.1, 0.15) is 5.60 Å². The van der Waals surface area contributed by atoms with Crippen LogP contribution in [0.3, 0.4) is 0 Å². The molecule has 5 aliphatic rings. The van der Waals surface area contributed by atoms with Crippen molar-refractivity contribution in [2.24, 2.45) is 17.8 Å². The van der Waals surface area contributed by atoms with Crippen molar-refractivity contribution in [1.82, 2.24) is 9.80 Å². The van der Waals surface area contributed by atoms with Crippen molar-refractivity contribution < 1.29 is 24.2 Å². The number of ether oxygens (including phenoxy) is 2. The van der Waals surface area contributed by atoms with Gasteiger partial charge in [-0.25, -0.2) is 0 Å². The highest BCUT2D eigenvalue weighted by Crippen LogP contribution is 2.42. The van der Waals surface area contributed by atoms with Crippen molar-refractivity contribution in [2.45, 2.75) is 69.2 Å². The third-order valence-corrected chi connectivity index (χ3v) is 7.98. The molecule has 2 amide bonds. The van der Waals surface area contributed by atoms with Crippen molar-refractivity contribution in [3.63, 3.8) is 0 Å². The summed E-state index contributed by atoms with van der Waals surface area (Å²) in [6, 6.07) is 0. The number of amides is 2. The monoisotopic (exact) mass is 406 g/mol. The molecule has 29 heavy (non-hydrogen) atoms. The van der Waals surface area contributed by atoms with Crippen molar-refractivity contribution in [2.75, 3.05) is 39.4 Å². The van der Waals surface area contributed by atoms with Crippen molar-refractivity contribution >= 4 is 11.8 Å². The first-order valence-corrected chi connectivity index (χ1v) is 11.6. The minimum Gasteiger partial charge on any atom is -0.380 e. The molecule has 2 saturated carbocycles. The van der Waals surface area contributed by atoms with E-state index in [0.29, 0.717) is 63.1 Å². The summed E-state index contributed by atoms with van der Waals surface area (Å²) in [6.07, 6.45) is 8.02. The SMILES string of the molecule is O=C(C1CCC(C2OCCC3OCCC32)CC1)N1CCN(C(=O)C2(O)CC2)CC1. The highest BCUT2D eigenvalue weighted by Gasteiger charge is 2.50. The molecule has 0 spiro atoms. The summed E-state index contributed by atoms with van der Waals surface area (Å²) >= 11 is 0. The van der Waals surface area contributed by atoms with Crippen LogP contribution in [0.5, 0.6) is 0 Å². The number of fused-ring (bicyclic) bond motifs is 1. The lowest BCUT2D eigenvalue weighted by atomic mass is 9.73. The molecule has 0 bridgehead atoms. The van der Waals surface area contributed by atoms with E-state index in [9.17, 15) is 14.7 Å². The van der Waals surface area contributed by atoms with Crippen molar-refractivity contribution in [3.05, 3.63) is 0 Å². The second kappa shape index (κ2) is 7.82. The Hall–Kier alpha value is -1.18. The molecule has 5 rings (SSSR count). The van der Waals surface area contributed by atoms with Crippen LogP contribution in [0.15, 0.2) is 0 Å². The van der Waals surface area contributed by atoms with Gasteiger partial charge in [0.15, 0.2) is 0 Å². The van der Waals surface area contributed by atoms with E-state index in [-0.39, 0.29) is 17.7 Å². The molecule has 3 atom stereocenters. The molecule has 3 heterocycles. The van der Waals surface area contributed by atoms with E-state index in [1.807, 2.05) is 4.90 Å². The lowest BCUT2D eigenvalue weighted by Crippen LogP contribution is -2.54. The molecule has 3 saturated heterocycles. The maximum atomic E-state index is 13.0. The molecule has 0 aromatic heterocycles. The van der Waals surface area contributed by atoms with Crippen molar-refractivity contribution in [1.29, 1.82) is 0 Å². The van der Waals surface area contributed by atoms with Gasteiger partial charge in [-0.15, -0.1) is 0 Å². The summed E-state index contributed by atoms with van der Waals surface area (Å²) in [7, 11) is 0. The average molecular weight is 407 g/mol. The Kier molecular flexibility index (Phi) is 5.33. The van der Waals surface area contributed by atoms with Crippen LogP contribution < -0.4 is 0 Å². The summed E-state index contributed by atoms with van der Waals surface area (Å²) in [4.78, 5) is 29.0. The van der Waals surface area contributed by atoms with Gasteiger partial charge in [0.25, 0.3) is 5.91 Å². The van der Waals surface area contributed by atoms with Gasteiger partial charge >= 0.3 is 0 Å². The molecule has 7 heteroatoms. The zero-order valence-corrected chi connectivity index (χ0v) is 17.3. The highest BCUT2D eigenvalue weighted by atomic mass is 16.5. The Morgan fingerprint density at radius 1 is 0.828 bits per heavy atom. The molecule has 0 radical (unpaired) electrons. The van der Waals surface area contributed by atoms with E-state index >= 15 is 0 Å². The van der Waals surface area contributed by atoms with Crippen LogP contribution in [-0.4, -0.2) is 83.9 Å². The molecule has 7 nitrogen and oxygen atoms in total. The Bertz CT molecular complexity index is 635. The van der Waals surface area contributed by atoms with E-state index in [2.05, 4.69) is 0 Å². The molecule has 0 aromatic rings. The molecule has 1 N–H and O–H groups in total. The van der Waals surface area contributed by atoms with E-state index in [0.717, 1.165) is 51.7 Å². The van der Waals surface area contributed by atoms with Crippen LogP contribution >= 0.6 is 0 Å². The zero-order valence-electron chi connectivity index (χ0n) is 17.3. The fourth-order valence-corrected chi connectivity index (χ4v) is 5.98. The summed E-state index contributed by atoms with van der Waals surface area (Å²) in [6.45, 7) is 3.95. The molecule has 0 aromatic carbocycles. The standard InChI is InChI=1S/C22H34N2O5/c25-20(23-9-11-24(12-10-23)21(26)22(27)7-8-22)16-3-1-15(2-4-16)19-17-5-13-28-18(17)6-14-29-19/h15-19,27H,1-14H2. The van der Waals surface area contributed by atoms with Gasteiger partial charge in [-0.1, -0.05) is 0 Å². The van der Waals surface area contributed by atoms with Crippen LogP contribution in [0, 0.1) is 17.8 Å². The molecular formula is C22H34N2O5. The van der Waals surface area contributed by atoms with Crippen LogP contribution in [-0.2, 0) is 19.1 Å². The maximum absolute atomic E-state index is 13.0. The second-order valence-electron chi connectivity index (χ2n) is 9.75. The van der Waals surface area contributed by atoms with E-state index in [1.165, 1.54) is 0 Å². The molecule has 5 fully saturated rings. The predicted molar refractivity (Wildman–Crippen MR) is 105 cm³/mol. The minimum absolute atomic E-state index is 0.111. The van der Waals surface area contributed by atoms with Crippen LogP contribution in [0.2, 0.25) is 0 Å².